The molecule has 0 aliphatic carbocycles. The van der Waals surface area contributed by atoms with E-state index in [9.17, 15) is 19.7 Å². The lowest BCUT2D eigenvalue weighted by Gasteiger charge is -2.09. The van der Waals surface area contributed by atoms with Crippen molar-refractivity contribution in [2.24, 2.45) is 0 Å². The first-order chi connectivity index (χ1) is 14.9. The summed E-state index contributed by atoms with van der Waals surface area (Å²) in [4.78, 5) is 38.7. The Labute approximate surface area is 182 Å². The summed E-state index contributed by atoms with van der Waals surface area (Å²) in [6.45, 7) is 0.307. The molecule has 0 spiro atoms. The van der Waals surface area contributed by atoms with Crippen LogP contribution in [0.2, 0.25) is 5.02 Å². The number of halogens is 1. The zero-order chi connectivity index (χ0) is 22.2. The van der Waals surface area contributed by atoms with Crippen molar-refractivity contribution in [2.75, 3.05) is 5.32 Å². The van der Waals surface area contributed by atoms with E-state index in [0.717, 1.165) is 11.1 Å². The molecule has 158 valence electrons. The van der Waals surface area contributed by atoms with Crippen molar-refractivity contribution < 1.29 is 19.2 Å². The molecule has 0 atom stereocenters. The number of nitrogens with zero attached hydrogens (tertiary/aromatic N) is 2. The summed E-state index contributed by atoms with van der Waals surface area (Å²) in [7, 11) is 0. The number of anilines is 1. The van der Waals surface area contributed by atoms with Crippen LogP contribution in [0.4, 0.5) is 16.2 Å². The highest BCUT2D eigenvalue weighted by Crippen LogP contribution is 2.28. The summed E-state index contributed by atoms with van der Waals surface area (Å²) in [6, 6.07) is 13.9. The lowest BCUT2D eigenvalue weighted by molar-refractivity contribution is -0.383. The zero-order valence-electron chi connectivity index (χ0n) is 16.1. The molecule has 0 saturated heterocycles. The van der Waals surface area contributed by atoms with E-state index in [0.29, 0.717) is 0 Å². The Morgan fingerprint density at radius 2 is 1.87 bits per heavy atom. The minimum atomic E-state index is -0.603. The van der Waals surface area contributed by atoms with E-state index in [4.69, 9.17) is 16.3 Å². The number of nitro groups is 1. The van der Waals surface area contributed by atoms with Crippen LogP contribution in [0.15, 0.2) is 67.0 Å². The summed E-state index contributed by atoms with van der Waals surface area (Å²) in [5, 5.41) is 16.5. The fourth-order valence-electron chi connectivity index (χ4n) is 2.59. The summed E-state index contributed by atoms with van der Waals surface area (Å²) in [5.74, 6) is -0.527. The monoisotopic (exact) mass is 440 g/mol. The first-order valence-electron chi connectivity index (χ1n) is 9.06. The lowest BCUT2D eigenvalue weighted by atomic mass is 10.1. The normalized spacial score (nSPS) is 10.2. The number of pyridine rings is 1. The van der Waals surface area contributed by atoms with Crippen LogP contribution < -0.4 is 10.6 Å². The molecule has 3 aromatic rings. The maximum atomic E-state index is 12.4. The second-order valence-corrected chi connectivity index (χ2v) is 6.80. The number of alkyl carbamates (subject to hydrolysis) is 1. The van der Waals surface area contributed by atoms with Crippen LogP contribution in [0, 0.1) is 10.1 Å². The van der Waals surface area contributed by atoms with Gasteiger partial charge in [-0.25, -0.2) is 4.79 Å². The number of amides is 2. The number of carbonyl (C=O) groups excluding carboxylic acids is 2. The van der Waals surface area contributed by atoms with Crippen LogP contribution in [0.3, 0.4) is 0 Å². The van der Waals surface area contributed by atoms with Gasteiger partial charge in [0, 0.05) is 41.2 Å². The van der Waals surface area contributed by atoms with Gasteiger partial charge in [0.25, 0.3) is 11.6 Å². The van der Waals surface area contributed by atoms with Crippen LogP contribution >= 0.6 is 11.6 Å². The maximum Gasteiger partial charge on any atom is 0.407 e. The molecule has 0 fully saturated rings. The fourth-order valence-corrected chi connectivity index (χ4v) is 2.77. The summed E-state index contributed by atoms with van der Waals surface area (Å²) in [5.41, 5.74) is 1.54. The molecule has 0 unspecified atom stereocenters. The number of benzene rings is 2. The van der Waals surface area contributed by atoms with E-state index in [1.54, 1.807) is 48.8 Å². The Kier molecular flexibility index (Phi) is 7.13. The molecule has 10 heteroatoms. The third-order valence-corrected chi connectivity index (χ3v) is 4.38. The van der Waals surface area contributed by atoms with Crippen LogP contribution in [0.1, 0.15) is 21.5 Å². The third-order valence-electron chi connectivity index (χ3n) is 4.15. The molecule has 2 aromatic carbocycles. The molecule has 0 aliphatic heterocycles. The molecule has 0 radical (unpaired) electrons. The maximum absolute atomic E-state index is 12.4. The molecule has 1 heterocycles. The van der Waals surface area contributed by atoms with Gasteiger partial charge in [0.15, 0.2) is 0 Å². The van der Waals surface area contributed by atoms with Gasteiger partial charge in [-0.2, -0.15) is 0 Å². The van der Waals surface area contributed by atoms with Gasteiger partial charge in [0.2, 0.25) is 0 Å². The van der Waals surface area contributed by atoms with Crippen molar-refractivity contribution in [2.45, 2.75) is 13.2 Å². The molecule has 1 aromatic heterocycles. The van der Waals surface area contributed by atoms with Crippen LogP contribution in [0.5, 0.6) is 0 Å². The van der Waals surface area contributed by atoms with Crippen molar-refractivity contribution >= 4 is 35.0 Å². The van der Waals surface area contributed by atoms with Gasteiger partial charge in [0.05, 0.1) is 4.92 Å². The van der Waals surface area contributed by atoms with Crippen LogP contribution in [0.25, 0.3) is 0 Å². The molecule has 9 nitrogen and oxygen atoms in total. The highest BCUT2D eigenvalue weighted by atomic mass is 35.5. The van der Waals surface area contributed by atoms with Gasteiger partial charge in [0.1, 0.15) is 12.3 Å². The second-order valence-electron chi connectivity index (χ2n) is 6.36. The average molecular weight is 441 g/mol. The predicted molar refractivity (Wildman–Crippen MR) is 114 cm³/mol. The Morgan fingerprint density at radius 3 is 2.55 bits per heavy atom. The molecule has 3 rings (SSSR count). The minimum absolute atomic E-state index is 0.00426. The quantitative estimate of drug-likeness (QED) is 0.416. The number of nitro benzene ring substituents is 1. The van der Waals surface area contributed by atoms with Gasteiger partial charge in [-0.1, -0.05) is 29.8 Å². The molecule has 0 bridgehead atoms. The van der Waals surface area contributed by atoms with Crippen molar-refractivity contribution in [1.29, 1.82) is 0 Å². The molecule has 2 N–H and O–H groups in total. The van der Waals surface area contributed by atoms with Crippen molar-refractivity contribution in [3.63, 3.8) is 0 Å². The summed E-state index contributed by atoms with van der Waals surface area (Å²) in [6.07, 6.45) is 2.65. The number of carbonyl (C=O) groups is 2. The zero-order valence-corrected chi connectivity index (χ0v) is 16.8. The minimum Gasteiger partial charge on any atom is -0.445 e. The summed E-state index contributed by atoms with van der Waals surface area (Å²) >= 11 is 5.87. The van der Waals surface area contributed by atoms with Crippen molar-refractivity contribution in [1.82, 2.24) is 10.3 Å². The largest absolute Gasteiger partial charge is 0.445 e. The Bertz CT molecular complexity index is 1090. The first kappa shape index (κ1) is 21.7. The van der Waals surface area contributed by atoms with Gasteiger partial charge >= 0.3 is 6.09 Å². The number of nitrogens with one attached hydrogen (secondary N) is 2. The molecular weight excluding hydrogens is 424 g/mol. The average Bonchev–Trinajstić information content (AvgIpc) is 2.77. The number of ether oxygens (including phenoxy) is 1. The third kappa shape index (κ3) is 6.25. The lowest BCUT2D eigenvalue weighted by Crippen LogP contribution is -2.23. The van der Waals surface area contributed by atoms with Crippen LogP contribution in [-0.2, 0) is 17.9 Å². The van der Waals surface area contributed by atoms with Gasteiger partial charge in [-0.05, 0) is 35.9 Å². The number of rotatable bonds is 7. The van der Waals surface area contributed by atoms with Crippen molar-refractivity contribution in [3.05, 3.63) is 98.8 Å². The van der Waals surface area contributed by atoms with Gasteiger partial charge < -0.3 is 15.4 Å². The molecule has 0 saturated carbocycles. The van der Waals surface area contributed by atoms with Crippen LogP contribution in [-0.4, -0.2) is 21.9 Å². The highest BCUT2D eigenvalue weighted by molar-refractivity contribution is 6.31. The number of hydrogen-bond donors (Lipinski definition) is 2. The van der Waals surface area contributed by atoms with Gasteiger partial charge in [-0.15, -0.1) is 0 Å². The van der Waals surface area contributed by atoms with E-state index in [1.165, 1.54) is 18.2 Å². The van der Waals surface area contributed by atoms with E-state index in [1.807, 2.05) is 0 Å². The molecule has 31 heavy (non-hydrogen) atoms. The number of hydrogen-bond acceptors (Lipinski definition) is 6. The Balaban J connectivity index is 1.54. The van der Waals surface area contributed by atoms with Gasteiger partial charge in [-0.3, -0.25) is 19.9 Å². The predicted octanol–water partition coefficient (Wildman–Crippen LogP) is 4.32. The summed E-state index contributed by atoms with van der Waals surface area (Å²) < 4.78 is 5.10. The van der Waals surface area contributed by atoms with E-state index < -0.39 is 16.9 Å². The SMILES string of the molecule is O=C(NCc1ccc(C(=O)Nc2cc(Cl)ccc2[N+](=O)[O-])cc1)OCc1cccnc1. The Hall–Kier alpha value is -3.98. The topological polar surface area (TPSA) is 123 Å². The van der Waals surface area contributed by atoms with E-state index in [-0.39, 0.29) is 35.1 Å². The van der Waals surface area contributed by atoms with Crippen molar-refractivity contribution in [3.8, 4) is 0 Å². The molecule has 0 aliphatic rings. The highest BCUT2D eigenvalue weighted by Gasteiger charge is 2.17. The van der Waals surface area contributed by atoms with E-state index >= 15 is 0 Å². The molecule has 2 amide bonds. The number of aromatic nitrogens is 1. The Morgan fingerprint density at radius 1 is 1.10 bits per heavy atom. The molecular formula is C21H17ClN4O5. The fraction of sp³-hybridized carbons (Fsp3) is 0.0952. The standard InChI is InChI=1S/C21H17ClN4O5/c22-17-7-8-19(26(29)30)18(10-17)25-20(27)16-5-3-14(4-6-16)12-24-21(28)31-13-15-2-1-9-23-11-15/h1-11H,12-13H2,(H,24,28)(H,25,27). The van der Waals surface area contributed by atoms with E-state index in [2.05, 4.69) is 15.6 Å². The first-order valence-corrected chi connectivity index (χ1v) is 9.44. The smallest absolute Gasteiger partial charge is 0.407 e. The second kappa shape index (κ2) is 10.2.